The molecule has 1 N–H and O–H groups in total. The van der Waals surface area contributed by atoms with Crippen molar-refractivity contribution in [1.82, 2.24) is 4.72 Å². The maximum atomic E-state index is 12.3. The molecule has 3 atom stereocenters. The molecule has 2 aromatic carbocycles. The fourth-order valence-electron chi connectivity index (χ4n) is 5.38. The third-order valence-electron chi connectivity index (χ3n) is 6.74. The lowest BCUT2D eigenvalue weighted by atomic mass is 9.77. The van der Waals surface area contributed by atoms with Crippen LogP contribution in [0.25, 0.3) is 0 Å². The summed E-state index contributed by atoms with van der Waals surface area (Å²) in [7, 11) is -3.32. The summed E-state index contributed by atoms with van der Waals surface area (Å²) in [6, 6.07) is 16.6. The molecule has 5 heteroatoms. The highest BCUT2D eigenvalue weighted by molar-refractivity contribution is 7.92. The van der Waals surface area contributed by atoms with Crippen LogP contribution in [0.4, 0.5) is 0 Å². The smallest absolute Gasteiger partial charge is 0.233 e. The standard InChI is InChI=1S/C23H25NO3S/c25-28(26)12-4-11-23(24-28)20-8-9-21(23)14-19-15-22(10-7-18(19)13-20)27-16-17-5-2-1-3-6-17/h1-7,10,12,15,20-21,24H,8-9,11,13-14,16H2/t20-,21?,23+/m0/s1. The third-order valence-corrected chi connectivity index (χ3v) is 7.96. The Morgan fingerprint density at radius 2 is 1.75 bits per heavy atom. The molecule has 1 fully saturated rings. The van der Waals surface area contributed by atoms with Gasteiger partial charge < -0.3 is 4.74 Å². The minimum Gasteiger partial charge on any atom is -0.489 e. The summed E-state index contributed by atoms with van der Waals surface area (Å²) in [5, 5.41) is 1.32. The first-order chi connectivity index (χ1) is 13.5. The monoisotopic (exact) mass is 395 g/mol. The molecule has 0 amide bonds. The van der Waals surface area contributed by atoms with E-state index in [-0.39, 0.29) is 5.54 Å². The molecule has 1 spiro atoms. The second-order valence-corrected chi connectivity index (χ2v) is 9.91. The predicted molar refractivity (Wildman–Crippen MR) is 109 cm³/mol. The molecule has 0 aromatic heterocycles. The van der Waals surface area contributed by atoms with Gasteiger partial charge in [0.05, 0.1) is 0 Å². The minimum absolute atomic E-state index is 0.322. The van der Waals surface area contributed by atoms with Crippen LogP contribution in [-0.2, 0) is 29.5 Å². The molecule has 4 nitrogen and oxygen atoms in total. The summed E-state index contributed by atoms with van der Waals surface area (Å²) in [5.74, 6) is 1.58. The lowest BCUT2D eigenvalue weighted by Gasteiger charge is -2.40. The second-order valence-electron chi connectivity index (χ2n) is 8.35. The number of hydrogen-bond donors (Lipinski definition) is 1. The quantitative estimate of drug-likeness (QED) is 0.856. The molecule has 0 saturated heterocycles. The van der Waals surface area contributed by atoms with Crippen molar-refractivity contribution in [1.29, 1.82) is 0 Å². The molecule has 2 aromatic rings. The Kier molecular flexibility index (Phi) is 4.33. The molecule has 28 heavy (non-hydrogen) atoms. The Bertz CT molecular complexity index is 1020. The van der Waals surface area contributed by atoms with Crippen molar-refractivity contribution >= 4 is 10.0 Å². The van der Waals surface area contributed by atoms with Gasteiger partial charge in [-0.15, -0.1) is 0 Å². The van der Waals surface area contributed by atoms with E-state index in [1.165, 1.54) is 16.5 Å². The lowest BCUT2D eigenvalue weighted by molar-refractivity contribution is 0.223. The number of rotatable bonds is 3. The highest BCUT2D eigenvalue weighted by Gasteiger charge is 2.53. The third kappa shape index (κ3) is 3.16. The Balaban J connectivity index is 1.40. The molecular formula is C23H25NO3S. The van der Waals surface area contributed by atoms with Crippen molar-refractivity contribution in [3.8, 4) is 5.75 Å². The van der Waals surface area contributed by atoms with Gasteiger partial charge in [-0.05, 0) is 72.8 Å². The molecule has 1 aliphatic heterocycles. The molecule has 3 aliphatic rings. The molecule has 1 saturated carbocycles. The first-order valence-electron chi connectivity index (χ1n) is 10.0. The number of hydrogen-bond acceptors (Lipinski definition) is 3. The van der Waals surface area contributed by atoms with Gasteiger partial charge in [-0.25, -0.2) is 13.1 Å². The van der Waals surface area contributed by atoms with Crippen molar-refractivity contribution < 1.29 is 13.2 Å². The van der Waals surface area contributed by atoms with Gasteiger partial charge in [0.15, 0.2) is 0 Å². The van der Waals surface area contributed by atoms with Crippen molar-refractivity contribution in [2.75, 3.05) is 0 Å². The number of benzene rings is 2. The van der Waals surface area contributed by atoms with Gasteiger partial charge in [-0.3, -0.25) is 0 Å². The van der Waals surface area contributed by atoms with Crippen molar-refractivity contribution in [2.45, 2.75) is 44.2 Å². The largest absolute Gasteiger partial charge is 0.489 e. The zero-order valence-electron chi connectivity index (χ0n) is 15.8. The van der Waals surface area contributed by atoms with Crippen LogP contribution in [0.3, 0.4) is 0 Å². The van der Waals surface area contributed by atoms with Crippen LogP contribution in [0, 0.1) is 11.8 Å². The Morgan fingerprint density at radius 1 is 1.00 bits per heavy atom. The Labute approximate surface area is 166 Å². The van der Waals surface area contributed by atoms with E-state index in [0.717, 1.165) is 43.4 Å². The van der Waals surface area contributed by atoms with Crippen LogP contribution in [-0.4, -0.2) is 14.0 Å². The number of nitrogens with one attached hydrogen (secondary N) is 1. The molecule has 146 valence electrons. The van der Waals surface area contributed by atoms with E-state index in [1.807, 2.05) is 24.3 Å². The molecule has 0 radical (unpaired) electrons. The average Bonchev–Trinajstić information content (AvgIpc) is 2.90. The number of sulfonamides is 1. The van der Waals surface area contributed by atoms with E-state index in [1.54, 1.807) is 0 Å². The molecule has 1 unspecified atom stereocenters. The highest BCUT2D eigenvalue weighted by Crippen LogP contribution is 2.50. The van der Waals surface area contributed by atoms with Crippen LogP contribution in [0.1, 0.15) is 36.0 Å². The summed E-state index contributed by atoms with van der Waals surface area (Å²) in [6.45, 7) is 0.556. The summed E-state index contributed by atoms with van der Waals surface area (Å²) in [5.41, 5.74) is 3.48. The van der Waals surface area contributed by atoms with E-state index in [9.17, 15) is 8.42 Å². The topological polar surface area (TPSA) is 55.4 Å². The summed E-state index contributed by atoms with van der Waals surface area (Å²) < 4.78 is 33.7. The maximum Gasteiger partial charge on any atom is 0.233 e. The van der Waals surface area contributed by atoms with E-state index in [0.29, 0.717) is 18.4 Å². The fraction of sp³-hybridized carbons (Fsp3) is 0.391. The molecular weight excluding hydrogens is 370 g/mol. The average molecular weight is 396 g/mol. The van der Waals surface area contributed by atoms with Gasteiger partial charge in [0.25, 0.3) is 0 Å². The van der Waals surface area contributed by atoms with Gasteiger partial charge in [-0.1, -0.05) is 42.5 Å². The van der Waals surface area contributed by atoms with Crippen LogP contribution >= 0.6 is 0 Å². The van der Waals surface area contributed by atoms with E-state index < -0.39 is 10.0 Å². The SMILES string of the molecule is O=S1(=O)C=CC[C@]2(N1)C1CC[C@H]2Cc2ccc(OCc3ccccc3)cc2C1. The summed E-state index contributed by atoms with van der Waals surface area (Å²) >= 11 is 0. The summed E-state index contributed by atoms with van der Waals surface area (Å²) in [6.07, 6.45) is 6.66. The zero-order valence-corrected chi connectivity index (χ0v) is 16.6. The van der Waals surface area contributed by atoms with Gasteiger partial charge in [0.1, 0.15) is 12.4 Å². The number of fused-ring (bicyclic) bond motifs is 1. The predicted octanol–water partition coefficient (Wildman–Crippen LogP) is 3.97. The van der Waals surface area contributed by atoms with Gasteiger partial charge in [0.2, 0.25) is 10.0 Å². The maximum absolute atomic E-state index is 12.3. The van der Waals surface area contributed by atoms with Gasteiger partial charge >= 0.3 is 0 Å². The molecule has 2 aliphatic carbocycles. The van der Waals surface area contributed by atoms with Crippen molar-refractivity contribution in [2.24, 2.45) is 11.8 Å². The minimum atomic E-state index is -3.32. The van der Waals surface area contributed by atoms with Gasteiger partial charge in [0, 0.05) is 10.9 Å². The second kappa shape index (κ2) is 6.75. The van der Waals surface area contributed by atoms with E-state index >= 15 is 0 Å². The lowest BCUT2D eigenvalue weighted by Crippen LogP contribution is -2.56. The highest BCUT2D eigenvalue weighted by atomic mass is 32.2. The van der Waals surface area contributed by atoms with E-state index in [4.69, 9.17) is 4.74 Å². The number of ether oxygens (including phenoxy) is 1. The molecule has 5 rings (SSSR count). The van der Waals surface area contributed by atoms with Crippen LogP contribution in [0.5, 0.6) is 5.75 Å². The first kappa shape index (κ1) is 18.0. The molecule has 2 bridgehead atoms. The zero-order chi connectivity index (χ0) is 19.2. The van der Waals surface area contributed by atoms with Crippen LogP contribution in [0.2, 0.25) is 0 Å². The van der Waals surface area contributed by atoms with Crippen LogP contribution in [0.15, 0.2) is 60.0 Å². The Morgan fingerprint density at radius 3 is 2.50 bits per heavy atom. The van der Waals surface area contributed by atoms with Crippen molar-refractivity contribution in [3.63, 3.8) is 0 Å². The first-order valence-corrected chi connectivity index (χ1v) is 11.6. The Hall–Kier alpha value is -2.11. The van der Waals surface area contributed by atoms with E-state index in [2.05, 4.69) is 35.1 Å². The van der Waals surface area contributed by atoms with Gasteiger partial charge in [-0.2, -0.15) is 0 Å². The fourth-order valence-corrected chi connectivity index (χ4v) is 6.75. The molecule has 1 heterocycles. The van der Waals surface area contributed by atoms with Crippen LogP contribution < -0.4 is 9.46 Å². The van der Waals surface area contributed by atoms with Crippen molar-refractivity contribution in [3.05, 3.63) is 76.7 Å². The summed E-state index contributed by atoms with van der Waals surface area (Å²) in [4.78, 5) is 0. The normalized spacial score (nSPS) is 30.0.